The Labute approximate surface area is 259 Å². The lowest BCUT2D eigenvalue weighted by atomic mass is 9.91. The van der Waals surface area contributed by atoms with Gasteiger partial charge in [-0.15, -0.1) is 11.3 Å². The Morgan fingerprint density at radius 2 is 1.74 bits per heavy atom. The molecule has 5 rings (SSSR count). The first-order chi connectivity index (χ1) is 20.3. The first-order valence-electron chi connectivity index (χ1n) is 14.0. The number of urea groups is 1. The number of benzene rings is 2. The minimum absolute atomic E-state index is 0.00649. The van der Waals surface area contributed by atoms with E-state index in [4.69, 9.17) is 26.3 Å². The van der Waals surface area contributed by atoms with E-state index in [0.29, 0.717) is 53.4 Å². The maximum absolute atomic E-state index is 12.6. The number of carboxylic acids is 1. The highest BCUT2D eigenvalue weighted by molar-refractivity contribution is 7.22. The summed E-state index contributed by atoms with van der Waals surface area (Å²) in [6.45, 7) is 9.83. The van der Waals surface area contributed by atoms with Crippen LogP contribution in [0.1, 0.15) is 38.0 Å². The van der Waals surface area contributed by atoms with Crippen LogP contribution in [0.25, 0.3) is 32.0 Å². The van der Waals surface area contributed by atoms with Gasteiger partial charge in [-0.05, 0) is 63.1 Å². The van der Waals surface area contributed by atoms with Gasteiger partial charge in [-0.2, -0.15) is 0 Å². The number of rotatable bonds is 6. The Morgan fingerprint density at radius 1 is 1.07 bits per heavy atom. The number of fused-ring (bicyclic) bond motifs is 1. The number of ether oxygens (including phenoxy) is 1. The molecule has 0 unspecified atom stereocenters. The van der Waals surface area contributed by atoms with E-state index in [1.165, 1.54) is 11.3 Å². The van der Waals surface area contributed by atoms with Crippen molar-refractivity contribution in [3.8, 4) is 21.8 Å². The summed E-state index contributed by atoms with van der Waals surface area (Å²) in [5.74, 6) is -0.488. The highest BCUT2D eigenvalue weighted by Gasteiger charge is 2.32. The predicted molar refractivity (Wildman–Crippen MR) is 170 cm³/mol. The van der Waals surface area contributed by atoms with Crippen molar-refractivity contribution in [2.24, 2.45) is 0 Å². The summed E-state index contributed by atoms with van der Waals surface area (Å²) < 4.78 is 6.95. The number of carboxylic acid groups (broad SMARTS) is 1. The molecule has 43 heavy (non-hydrogen) atoms. The zero-order chi connectivity index (χ0) is 31.1. The van der Waals surface area contributed by atoms with E-state index < -0.39 is 17.7 Å². The quantitative estimate of drug-likeness (QED) is 0.273. The molecule has 1 atom stereocenters. The van der Waals surface area contributed by atoms with E-state index in [-0.39, 0.29) is 6.03 Å². The van der Waals surface area contributed by atoms with Crippen molar-refractivity contribution in [3.05, 3.63) is 58.7 Å². The number of thiazole rings is 1. The summed E-state index contributed by atoms with van der Waals surface area (Å²) in [7, 11) is 3.50. The molecular formula is C31H35ClN6O4S. The third-order valence-electron chi connectivity index (χ3n) is 7.10. The van der Waals surface area contributed by atoms with Gasteiger partial charge in [0.05, 0.1) is 15.8 Å². The first-order valence-corrected chi connectivity index (χ1v) is 15.2. The normalized spacial score (nSPS) is 14.7. The average molecular weight is 623 g/mol. The second kappa shape index (κ2) is 12.1. The van der Waals surface area contributed by atoms with Crippen molar-refractivity contribution < 1.29 is 19.4 Å². The number of aliphatic carboxylic acids is 1. The molecule has 0 saturated carbocycles. The van der Waals surface area contributed by atoms with Gasteiger partial charge in [0.1, 0.15) is 10.7 Å². The van der Waals surface area contributed by atoms with Gasteiger partial charge in [0, 0.05) is 62.6 Å². The van der Waals surface area contributed by atoms with E-state index in [0.717, 1.165) is 26.9 Å². The Kier molecular flexibility index (Phi) is 8.60. The van der Waals surface area contributed by atoms with Crippen molar-refractivity contribution in [2.75, 3.05) is 45.2 Å². The maximum atomic E-state index is 12.6. The standard InChI is InChI=1S/C31H35ClN6O4S/c1-18-17-22-26(24(19-7-9-20(32)10-8-19)23(18)25(28(39)40)42-31(2,3)4)43-27(34-22)21-11-12-33-29(35-21)37-13-15-38(16-14-37)30(41)36(5)6/h7-12,17,25H,13-16H2,1-6H3,(H,39,40)/t25-/m0/s1. The number of amides is 2. The van der Waals surface area contributed by atoms with Gasteiger partial charge >= 0.3 is 12.0 Å². The SMILES string of the molecule is Cc1cc2nc(-c3ccnc(N4CCN(C(=O)N(C)C)CC4)n3)sc2c(-c2ccc(Cl)cc2)c1[C@H](OC(C)(C)C)C(=O)O. The van der Waals surface area contributed by atoms with Gasteiger partial charge in [0.2, 0.25) is 5.95 Å². The summed E-state index contributed by atoms with van der Waals surface area (Å²) >= 11 is 7.67. The van der Waals surface area contributed by atoms with Crippen LogP contribution in [0.5, 0.6) is 0 Å². The Balaban J connectivity index is 1.58. The average Bonchev–Trinajstić information content (AvgIpc) is 3.39. The lowest BCUT2D eigenvalue weighted by molar-refractivity contribution is -0.160. The summed E-state index contributed by atoms with van der Waals surface area (Å²) in [5.41, 5.74) is 3.63. The van der Waals surface area contributed by atoms with E-state index in [1.54, 1.807) is 37.3 Å². The highest BCUT2D eigenvalue weighted by Crippen LogP contribution is 2.44. The van der Waals surface area contributed by atoms with Crippen LogP contribution in [0.15, 0.2) is 42.6 Å². The van der Waals surface area contributed by atoms with Gasteiger partial charge in [-0.3, -0.25) is 0 Å². The number of anilines is 1. The summed E-state index contributed by atoms with van der Waals surface area (Å²) in [4.78, 5) is 44.7. The first kappa shape index (κ1) is 30.7. The Bertz CT molecular complexity index is 1660. The van der Waals surface area contributed by atoms with Crippen molar-refractivity contribution in [1.82, 2.24) is 24.8 Å². The molecule has 0 spiro atoms. The number of hydrogen-bond donors (Lipinski definition) is 1. The molecule has 2 amide bonds. The molecule has 1 fully saturated rings. The number of halogens is 1. The minimum atomic E-state index is -1.19. The number of piperazine rings is 1. The largest absolute Gasteiger partial charge is 0.479 e. The molecule has 1 N–H and O–H groups in total. The van der Waals surface area contributed by atoms with Crippen LogP contribution in [-0.4, -0.2) is 87.7 Å². The fraction of sp³-hybridized carbons (Fsp3) is 0.387. The highest BCUT2D eigenvalue weighted by atomic mass is 35.5. The molecule has 0 aliphatic carbocycles. The molecule has 4 aromatic rings. The fourth-order valence-electron chi connectivity index (χ4n) is 5.15. The van der Waals surface area contributed by atoms with Crippen molar-refractivity contribution >= 4 is 51.1 Å². The van der Waals surface area contributed by atoms with Gasteiger partial charge < -0.3 is 24.5 Å². The number of aryl methyl sites for hydroxylation is 1. The summed E-state index contributed by atoms with van der Waals surface area (Å²) in [6, 6.07) is 11.1. The molecule has 226 valence electrons. The molecular weight excluding hydrogens is 588 g/mol. The van der Waals surface area contributed by atoms with E-state index in [1.807, 2.05) is 56.9 Å². The van der Waals surface area contributed by atoms with Crippen LogP contribution in [-0.2, 0) is 9.53 Å². The number of carbonyl (C=O) groups is 2. The molecule has 10 nitrogen and oxygen atoms in total. The van der Waals surface area contributed by atoms with Gasteiger partial charge in [-0.25, -0.2) is 24.5 Å². The molecule has 1 aliphatic heterocycles. The zero-order valence-corrected chi connectivity index (χ0v) is 26.7. The summed E-state index contributed by atoms with van der Waals surface area (Å²) in [5, 5.41) is 11.6. The molecule has 3 heterocycles. The van der Waals surface area contributed by atoms with Gasteiger partial charge in [0.15, 0.2) is 6.10 Å². The lowest BCUT2D eigenvalue weighted by Crippen LogP contribution is -2.51. The van der Waals surface area contributed by atoms with Crippen LogP contribution in [0.3, 0.4) is 0 Å². The van der Waals surface area contributed by atoms with E-state index in [2.05, 4.69) is 9.88 Å². The monoisotopic (exact) mass is 622 g/mol. The van der Waals surface area contributed by atoms with Crippen LogP contribution in [0.2, 0.25) is 5.02 Å². The molecule has 12 heteroatoms. The fourth-order valence-corrected chi connectivity index (χ4v) is 6.37. The lowest BCUT2D eigenvalue weighted by Gasteiger charge is -2.35. The molecule has 2 aromatic heterocycles. The molecule has 0 radical (unpaired) electrons. The van der Waals surface area contributed by atoms with Crippen LogP contribution >= 0.6 is 22.9 Å². The Hall–Kier alpha value is -3.80. The van der Waals surface area contributed by atoms with Crippen molar-refractivity contribution in [3.63, 3.8) is 0 Å². The second-order valence-corrected chi connectivity index (χ2v) is 13.1. The molecule has 1 aliphatic rings. The number of carbonyl (C=O) groups excluding carboxylic acids is 1. The van der Waals surface area contributed by atoms with Crippen molar-refractivity contribution in [1.29, 1.82) is 0 Å². The minimum Gasteiger partial charge on any atom is -0.479 e. The number of hydrogen-bond acceptors (Lipinski definition) is 8. The number of aromatic nitrogens is 3. The third-order valence-corrected chi connectivity index (χ3v) is 8.46. The second-order valence-electron chi connectivity index (χ2n) is 11.7. The van der Waals surface area contributed by atoms with Crippen LogP contribution in [0, 0.1) is 6.92 Å². The maximum Gasteiger partial charge on any atom is 0.337 e. The van der Waals surface area contributed by atoms with Gasteiger partial charge in [-0.1, -0.05) is 23.7 Å². The smallest absolute Gasteiger partial charge is 0.337 e. The van der Waals surface area contributed by atoms with E-state index >= 15 is 0 Å². The summed E-state index contributed by atoms with van der Waals surface area (Å²) in [6.07, 6.45) is 0.527. The zero-order valence-electron chi connectivity index (χ0n) is 25.1. The molecule has 2 aromatic carbocycles. The van der Waals surface area contributed by atoms with Gasteiger partial charge in [0.25, 0.3) is 0 Å². The molecule has 1 saturated heterocycles. The van der Waals surface area contributed by atoms with Crippen LogP contribution in [0.4, 0.5) is 10.7 Å². The van der Waals surface area contributed by atoms with E-state index in [9.17, 15) is 14.7 Å². The number of nitrogens with zero attached hydrogens (tertiary/aromatic N) is 6. The van der Waals surface area contributed by atoms with Crippen LogP contribution < -0.4 is 4.90 Å². The van der Waals surface area contributed by atoms with Crippen molar-refractivity contribution in [2.45, 2.75) is 39.4 Å². The third kappa shape index (κ3) is 6.58. The predicted octanol–water partition coefficient (Wildman–Crippen LogP) is 6.13. The molecule has 0 bridgehead atoms. The Morgan fingerprint density at radius 3 is 2.35 bits per heavy atom. The topological polar surface area (TPSA) is 112 Å².